The number of ether oxygens (including phenoxy) is 1. The Bertz CT molecular complexity index is 925. The van der Waals surface area contributed by atoms with Crippen LogP contribution in [0.1, 0.15) is 12.8 Å². The zero-order chi connectivity index (χ0) is 22.3. The van der Waals surface area contributed by atoms with Gasteiger partial charge < -0.3 is 20.3 Å². The summed E-state index contributed by atoms with van der Waals surface area (Å²) in [6.07, 6.45) is 1.90. The molecule has 1 heterocycles. The summed E-state index contributed by atoms with van der Waals surface area (Å²) in [5, 5.41) is 5.76. The third-order valence-corrected chi connectivity index (χ3v) is 5.73. The highest BCUT2D eigenvalue weighted by molar-refractivity contribution is 5.94. The van der Waals surface area contributed by atoms with Crippen LogP contribution in [0.25, 0.3) is 0 Å². The number of hydrogen-bond donors (Lipinski definition) is 2. The molecular formula is C24H29FN4O3. The van der Waals surface area contributed by atoms with Crippen molar-refractivity contribution in [2.75, 3.05) is 56.1 Å². The lowest BCUT2D eigenvalue weighted by Crippen LogP contribution is -2.48. The Morgan fingerprint density at radius 2 is 1.78 bits per heavy atom. The third kappa shape index (κ3) is 6.43. The number of nitrogens with one attached hydrogen (secondary N) is 2. The third-order valence-electron chi connectivity index (χ3n) is 5.73. The standard InChI is InChI=1S/C24H29FN4O3/c25-19-6-8-21(9-7-19)29-14-12-28(13-15-29)11-10-26-23(30)17-32-22-3-1-2-20(16-22)27-24(31)18-4-5-18/h1-3,6-9,16,18H,4-5,10-15,17H2,(H,26,30)(H,27,31). The lowest BCUT2D eigenvalue weighted by molar-refractivity contribution is -0.123. The lowest BCUT2D eigenvalue weighted by atomic mass is 10.2. The molecule has 0 unspecified atom stereocenters. The second kappa shape index (κ2) is 10.5. The summed E-state index contributed by atoms with van der Waals surface area (Å²) < 4.78 is 18.6. The van der Waals surface area contributed by atoms with E-state index in [1.54, 1.807) is 18.2 Å². The first-order chi connectivity index (χ1) is 15.6. The smallest absolute Gasteiger partial charge is 0.257 e. The Morgan fingerprint density at radius 1 is 1.03 bits per heavy atom. The minimum atomic E-state index is -0.222. The Labute approximate surface area is 187 Å². The van der Waals surface area contributed by atoms with Crippen molar-refractivity contribution in [3.63, 3.8) is 0 Å². The summed E-state index contributed by atoms with van der Waals surface area (Å²) >= 11 is 0. The van der Waals surface area contributed by atoms with E-state index in [4.69, 9.17) is 4.74 Å². The number of piperazine rings is 1. The molecule has 170 valence electrons. The molecule has 4 rings (SSSR count). The summed E-state index contributed by atoms with van der Waals surface area (Å²) in [5.41, 5.74) is 1.72. The minimum Gasteiger partial charge on any atom is -0.484 e. The van der Waals surface area contributed by atoms with Crippen molar-refractivity contribution < 1.29 is 18.7 Å². The SMILES string of the molecule is O=C(COc1cccc(NC(=O)C2CC2)c1)NCCN1CCN(c2ccc(F)cc2)CC1. The quantitative estimate of drug-likeness (QED) is 0.627. The Balaban J connectivity index is 1.12. The number of anilines is 2. The highest BCUT2D eigenvalue weighted by atomic mass is 19.1. The van der Waals surface area contributed by atoms with E-state index in [2.05, 4.69) is 20.4 Å². The molecule has 2 fully saturated rings. The van der Waals surface area contributed by atoms with Crippen LogP contribution in [0.3, 0.4) is 0 Å². The van der Waals surface area contributed by atoms with E-state index in [1.165, 1.54) is 12.1 Å². The van der Waals surface area contributed by atoms with Crippen LogP contribution in [0.4, 0.5) is 15.8 Å². The van der Waals surface area contributed by atoms with Crippen LogP contribution in [0, 0.1) is 11.7 Å². The van der Waals surface area contributed by atoms with Gasteiger partial charge in [-0.1, -0.05) is 6.07 Å². The molecule has 0 aromatic heterocycles. The maximum Gasteiger partial charge on any atom is 0.257 e. The number of halogens is 1. The maximum absolute atomic E-state index is 13.1. The van der Waals surface area contributed by atoms with E-state index >= 15 is 0 Å². The molecule has 1 aliphatic heterocycles. The van der Waals surface area contributed by atoms with Gasteiger partial charge in [-0.05, 0) is 49.2 Å². The predicted octanol–water partition coefficient (Wildman–Crippen LogP) is 2.49. The van der Waals surface area contributed by atoms with Crippen LogP contribution >= 0.6 is 0 Å². The number of amides is 2. The van der Waals surface area contributed by atoms with Crippen LogP contribution in [0.5, 0.6) is 5.75 Å². The monoisotopic (exact) mass is 440 g/mol. The van der Waals surface area contributed by atoms with E-state index in [0.29, 0.717) is 18.0 Å². The van der Waals surface area contributed by atoms with Gasteiger partial charge in [-0.15, -0.1) is 0 Å². The minimum absolute atomic E-state index is 0.0402. The summed E-state index contributed by atoms with van der Waals surface area (Å²) in [6.45, 7) is 4.78. The van der Waals surface area contributed by atoms with Crippen LogP contribution in [-0.2, 0) is 9.59 Å². The molecule has 0 bridgehead atoms. The molecule has 2 aliphatic rings. The van der Waals surface area contributed by atoms with Gasteiger partial charge in [0.05, 0.1) is 0 Å². The zero-order valence-electron chi connectivity index (χ0n) is 18.1. The highest BCUT2D eigenvalue weighted by Crippen LogP contribution is 2.30. The lowest BCUT2D eigenvalue weighted by Gasteiger charge is -2.36. The molecule has 1 saturated heterocycles. The van der Waals surface area contributed by atoms with Crippen LogP contribution in [-0.4, -0.2) is 62.6 Å². The van der Waals surface area contributed by atoms with E-state index < -0.39 is 0 Å². The normalized spacial score (nSPS) is 16.5. The van der Waals surface area contributed by atoms with Crippen LogP contribution in [0.15, 0.2) is 48.5 Å². The summed E-state index contributed by atoms with van der Waals surface area (Å²) in [5.74, 6) is 0.322. The fraction of sp³-hybridized carbons (Fsp3) is 0.417. The first-order valence-corrected chi connectivity index (χ1v) is 11.1. The average molecular weight is 441 g/mol. The molecule has 0 atom stereocenters. The van der Waals surface area contributed by atoms with Gasteiger partial charge in [0.1, 0.15) is 11.6 Å². The molecular weight excluding hydrogens is 411 g/mol. The van der Waals surface area contributed by atoms with Gasteiger partial charge in [0, 0.05) is 62.6 Å². The Morgan fingerprint density at radius 3 is 2.50 bits per heavy atom. The van der Waals surface area contributed by atoms with Gasteiger partial charge in [-0.25, -0.2) is 4.39 Å². The van der Waals surface area contributed by atoms with E-state index in [-0.39, 0.29) is 30.2 Å². The van der Waals surface area contributed by atoms with Crippen molar-refractivity contribution >= 4 is 23.2 Å². The van der Waals surface area contributed by atoms with Gasteiger partial charge in [0.25, 0.3) is 5.91 Å². The second-order valence-corrected chi connectivity index (χ2v) is 8.24. The van der Waals surface area contributed by atoms with Crippen molar-refractivity contribution in [1.82, 2.24) is 10.2 Å². The molecule has 1 saturated carbocycles. The van der Waals surface area contributed by atoms with Gasteiger partial charge in [0.15, 0.2) is 6.61 Å². The fourth-order valence-corrected chi connectivity index (χ4v) is 3.69. The number of rotatable bonds is 9. The molecule has 2 amide bonds. The van der Waals surface area contributed by atoms with Crippen LogP contribution < -0.4 is 20.3 Å². The Kier molecular flexibility index (Phi) is 7.21. The van der Waals surface area contributed by atoms with E-state index in [1.807, 2.05) is 18.2 Å². The number of carbonyl (C=O) groups excluding carboxylic acids is 2. The van der Waals surface area contributed by atoms with E-state index in [0.717, 1.165) is 51.3 Å². The summed E-state index contributed by atoms with van der Waals surface area (Å²) in [7, 11) is 0. The van der Waals surface area contributed by atoms with Gasteiger partial charge in [-0.2, -0.15) is 0 Å². The fourth-order valence-electron chi connectivity index (χ4n) is 3.69. The van der Waals surface area contributed by atoms with Crippen molar-refractivity contribution in [3.8, 4) is 5.75 Å². The second-order valence-electron chi connectivity index (χ2n) is 8.24. The first kappa shape index (κ1) is 22.1. The highest BCUT2D eigenvalue weighted by Gasteiger charge is 2.29. The topological polar surface area (TPSA) is 73.9 Å². The Hall–Kier alpha value is -3.13. The molecule has 8 heteroatoms. The number of hydrogen-bond acceptors (Lipinski definition) is 5. The zero-order valence-corrected chi connectivity index (χ0v) is 18.1. The predicted molar refractivity (Wildman–Crippen MR) is 121 cm³/mol. The maximum atomic E-state index is 13.1. The summed E-state index contributed by atoms with van der Waals surface area (Å²) in [6, 6.07) is 13.7. The van der Waals surface area contributed by atoms with Gasteiger partial charge in [0.2, 0.25) is 5.91 Å². The van der Waals surface area contributed by atoms with Crippen LogP contribution in [0.2, 0.25) is 0 Å². The largest absolute Gasteiger partial charge is 0.484 e. The van der Waals surface area contributed by atoms with Crippen molar-refractivity contribution in [2.24, 2.45) is 5.92 Å². The molecule has 32 heavy (non-hydrogen) atoms. The molecule has 2 aromatic rings. The first-order valence-electron chi connectivity index (χ1n) is 11.1. The number of carbonyl (C=O) groups is 2. The van der Waals surface area contributed by atoms with E-state index in [9.17, 15) is 14.0 Å². The number of nitrogens with zero attached hydrogens (tertiary/aromatic N) is 2. The van der Waals surface area contributed by atoms with Crippen molar-refractivity contribution in [3.05, 3.63) is 54.3 Å². The molecule has 1 aliphatic carbocycles. The molecule has 0 radical (unpaired) electrons. The molecule has 7 nitrogen and oxygen atoms in total. The molecule has 2 aromatic carbocycles. The van der Waals surface area contributed by atoms with Gasteiger partial charge in [-0.3, -0.25) is 14.5 Å². The molecule has 2 N–H and O–H groups in total. The van der Waals surface area contributed by atoms with Crippen molar-refractivity contribution in [1.29, 1.82) is 0 Å². The van der Waals surface area contributed by atoms with Crippen molar-refractivity contribution in [2.45, 2.75) is 12.8 Å². The molecule has 0 spiro atoms. The average Bonchev–Trinajstić information content (AvgIpc) is 3.65. The number of benzene rings is 2. The van der Waals surface area contributed by atoms with Gasteiger partial charge >= 0.3 is 0 Å². The summed E-state index contributed by atoms with van der Waals surface area (Å²) in [4.78, 5) is 28.5.